The van der Waals surface area contributed by atoms with E-state index in [2.05, 4.69) is 19.2 Å². The summed E-state index contributed by atoms with van der Waals surface area (Å²) in [6.07, 6.45) is 1.73. The lowest BCUT2D eigenvalue weighted by Crippen LogP contribution is -2.40. The third-order valence-corrected chi connectivity index (χ3v) is 3.39. The Bertz CT molecular complexity index is 408. The highest BCUT2D eigenvalue weighted by Crippen LogP contribution is 2.36. The van der Waals surface area contributed by atoms with Crippen molar-refractivity contribution in [3.63, 3.8) is 0 Å². The van der Waals surface area contributed by atoms with Crippen LogP contribution in [0.3, 0.4) is 0 Å². The smallest absolute Gasteiger partial charge is 0.231 e. The van der Waals surface area contributed by atoms with Gasteiger partial charge in [-0.05, 0) is 44.0 Å². The molecule has 0 fully saturated rings. The first-order valence-electron chi connectivity index (χ1n) is 6.45. The summed E-state index contributed by atoms with van der Waals surface area (Å²) in [7, 11) is 0. The Morgan fingerprint density at radius 1 is 1.33 bits per heavy atom. The van der Waals surface area contributed by atoms with Crippen molar-refractivity contribution in [3.05, 3.63) is 23.8 Å². The maximum atomic E-state index is 9.26. The van der Waals surface area contributed by atoms with E-state index >= 15 is 0 Å². The fourth-order valence-corrected chi connectivity index (χ4v) is 2.20. The third-order valence-electron chi connectivity index (χ3n) is 3.39. The molecule has 0 aromatic heterocycles. The summed E-state index contributed by atoms with van der Waals surface area (Å²) in [5.74, 6) is 1.58. The molecule has 0 radical (unpaired) electrons. The number of ether oxygens (including phenoxy) is 2. The van der Waals surface area contributed by atoms with Crippen LogP contribution in [0.2, 0.25) is 0 Å². The predicted octanol–water partition coefficient (Wildman–Crippen LogP) is 2.01. The largest absolute Gasteiger partial charge is 0.454 e. The lowest BCUT2D eigenvalue weighted by atomic mass is 9.88. The number of fused-ring (bicyclic) bond motifs is 1. The van der Waals surface area contributed by atoms with Crippen LogP contribution in [0.5, 0.6) is 11.5 Å². The molecular formula is C14H21NO3. The molecule has 1 aliphatic heterocycles. The van der Waals surface area contributed by atoms with Crippen LogP contribution in [-0.2, 0) is 5.54 Å². The Labute approximate surface area is 108 Å². The molecule has 18 heavy (non-hydrogen) atoms. The SMILES string of the molecule is CCCNC(C)(CCO)c1ccc2c(c1)OCO2. The summed E-state index contributed by atoms with van der Waals surface area (Å²) in [5, 5.41) is 12.8. The number of aliphatic hydroxyl groups excluding tert-OH is 1. The van der Waals surface area contributed by atoms with E-state index in [1.54, 1.807) is 0 Å². The lowest BCUT2D eigenvalue weighted by Gasteiger charge is -2.31. The Hall–Kier alpha value is -1.26. The summed E-state index contributed by atoms with van der Waals surface area (Å²) < 4.78 is 10.7. The number of rotatable bonds is 6. The summed E-state index contributed by atoms with van der Waals surface area (Å²) in [6.45, 7) is 5.60. The van der Waals surface area contributed by atoms with Crippen LogP contribution in [0.1, 0.15) is 32.3 Å². The highest BCUT2D eigenvalue weighted by molar-refractivity contribution is 5.46. The molecule has 1 aliphatic rings. The van der Waals surface area contributed by atoms with E-state index in [0.29, 0.717) is 6.42 Å². The molecule has 0 saturated carbocycles. The van der Waals surface area contributed by atoms with Gasteiger partial charge in [-0.15, -0.1) is 0 Å². The molecule has 2 rings (SSSR count). The molecule has 4 heteroatoms. The van der Waals surface area contributed by atoms with E-state index in [9.17, 15) is 5.11 Å². The minimum Gasteiger partial charge on any atom is -0.454 e. The molecule has 0 bridgehead atoms. The highest BCUT2D eigenvalue weighted by atomic mass is 16.7. The van der Waals surface area contributed by atoms with Crippen LogP contribution in [0, 0.1) is 0 Å². The zero-order valence-corrected chi connectivity index (χ0v) is 11.0. The van der Waals surface area contributed by atoms with Gasteiger partial charge in [0.25, 0.3) is 0 Å². The minimum atomic E-state index is -0.230. The van der Waals surface area contributed by atoms with Crippen LogP contribution in [0.25, 0.3) is 0 Å². The molecule has 1 aromatic rings. The first-order chi connectivity index (χ1) is 8.69. The van der Waals surface area contributed by atoms with Crippen molar-refractivity contribution in [1.29, 1.82) is 0 Å². The molecular weight excluding hydrogens is 230 g/mol. The van der Waals surface area contributed by atoms with Gasteiger partial charge in [0.05, 0.1) is 0 Å². The lowest BCUT2D eigenvalue weighted by molar-refractivity contribution is 0.173. The van der Waals surface area contributed by atoms with E-state index in [0.717, 1.165) is 30.0 Å². The number of benzene rings is 1. The quantitative estimate of drug-likeness (QED) is 0.812. The molecule has 1 unspecified atom stereocenters. The van der Waals surface area contributed by atoms with Crippen LogP contribution < -0.4 is 14.8 Å². The van der Waals surface area contributed by atoms with Crippen LogP contribution in [0.15, 0.2) is 18.2 Å². The monoisotopic (exact) mass is 251 g/mol. The fraction of sp³-hybridized carbons (Fsp3) is 0.571. The average molecular weight is 251 g/mol. The first-order valence-corrected chi connectivity index (χ1v) is 6.45. The van der Waals surface area contributed by atoms with E-state index in [1.165, 1.54) is 0 Å². The Kier molecular flexibility index (Phi) is 4.09. The van der Waals surface area contributed by atoms with Gasteiger partial charge in [0, 0.05) is 12.1 Å². The van der Waals surface area contributed by atoms with E-state index < -0.39 is 0 Å². The molecule has 4 nitrogen and oxygen atoms in total. The summed E-state index contributed by atoms with van der Waals surface area (Å²) in [6, 6.07) is 5.97. The number of hydrogen-bond donors (Lipinski definition) is 2. The normalized spacial score (nSPS) is 16.6. The van der Waals surface area contributed by atoms with Gasteiger partial charge in [0.15, 0.2) is 11.5 Å². The summed E-state index contributed by atoms with van der Waals surface area (Å²) >= 11 is 0. The standard InChI is InChI=1S/C14H21NO3/c1-3-7-15-14(2,6-8-16)11-4-5-12-13(9-11)18-10-17-12/h4-5,9,15-16H,3,6-8,10H2,1-2H3. The summed E-state index contributed by atoms with van der Waals surface area (Å²) in [5.41, 5.74) is 0.889. The Morgan fingerprint density at radius 2 is 2.11 bits per heavy atom. The highest BCUT2D eigenvalue weighted by Gasteiger charge is 2.27. The number of aliphatic hydroxyl groups is 1. The van der Waals surface area contributed by atoms with E-state index in [-0.39, 0.29) is 18.9 Å². The van der Waals surface area contributed by atoms with Crippen LogP contribution in [-0.4, -0.2) is 25.1 Å². The maximum absolute atomic E-state index is 9.26. The molecule has 0 aliphatic carbocycles. The van der Waals surface area contributed by atoms with Gasteiger partial charge >= 0.3 is 0 Å². The van der Waals surface area contributed by atoms with Gasteiger partial charge in [-0.3, -0.25) is 0 Å². The van der Waals surface area contributed by atoms with Gasteiger partial charge in [-0.2, -0.15) is 0 Å². The fourth-order valence-electron chi connectivity index (χ4n) is 2.20. The maximum Gasteiger partial charge on any atom is 0.231 e. The average Bonchev–Trinajstić information content (AvgIpc) is 2.84. The van der Waals surface area contributed by atoms with Crippen LogP contribution >= 0.6 is 0 Å². The van der Waals surface area contributed by atoms with Crippen molar-refractivity contribution in [1.82, 2.24) is 5.32 Å². The predicted molar refractivity (Wildman–Crippen MR) is 69.9 cm³/mol. The van der Waals surface area contributed by atoms with Crippen molar-refractivity contribution < 1.29 is 14.6 Å². The van der Waals surface area contributed by atoms with E-state index in [1.807, 2.05) is 18.2 Å². The van der Waals surface area contributed by atoms with Gasteiger partial charge in [-0.1, -0.05) is 13.0 Å². The second-order valence-electron chi connectivity index (χ2n) is 4.80. The van der Waals surface area contributed by atoms with Crippen molar-refractivity contribution >= 4 is 0 Å². The van der Waals surface area contributed by atoms with Gasteiger partial charge in [-0.25, -0.2) is 0 Å². The summed E-state index contributed by atoms with van der Waals surface area (Å²) in [4.78, 5) is 0. The number of nitrogens with one attached hydrogen (secondary N) is 1. The molecule has 1 atom stereocenters. The van der Waals surface area contributed by atoms with Gasteiger partial charge in [0.2, 0.25) is 6.79 Å². The van der Waals surface area contributed by atoms with Crippen molar-refractivity contribution in [2.45, 2.75) is 32.2 Å². The Morgan fingerprint density at radius 3 is 2.83 bits per heavy atom. The zero-order valence-electron chi connectivity index (χ0n) is 11.0. The third kappa shape index (κ3) is 2.60. The van der Waals surface area contributed by atoms with Crippen molar-refractivity contribution in [3.8, 4) is 11.5 Å². The van der Waals surface area contributed by atoms with Gasteiger partial charge in [0.1, 0.15) is 0 Å². The van der Waals surface area contributed by atoms with Crippen molar-refractivity contribution in [2.75, 3.05) is 19.9 Å². The van der Waals surface area contributed by atoms with Crippen molar-refractivity contribution in [2.24, 2.45) is 0 Å². The number of hydrogen-bond acceptors (Lipinski definition) is 4. The molecule has 1 heterocycles. The molecule has 2 N–H and O–H groups in total. The van der Waals surface area contributed by atoms with Gasteiger partial charge < -0.3 is 19.9 Å². The Balaban J connectivity index is 2.24. The molecule has 0 saturated heterocycles. The molecule has 1 aromatic carbocycles. The second kappa shape index (κ2) is 5.59. The molecule has 0 spiro atoms. The topological polar surface area (TPSA) is 50.7 Å². The zero-order chi connectivity index (χ0) is 13.0. The second-order valence-corrected chi connectivity index (χ2v) is 4.80. The molecule has 0 amide bonds. The molecule has 100 valence electrons. The van der Waals surface area contributed by atoms with Crippen LogP contribution in [0.4, 0.5) is 0 Å². The minimum absolute atomic E-state index is 0.154. The first kappa shape index (κ1) is 13.2. The van der Waals surface area contributed by atoms with E-state index in [4.69, 9.17) is 9.47 Å².